The fraction of sp³-hybridized carbons (Fsp3) is 0.444. The highest BCUT2D eigenvalue weighted by Gasteiger charge is 2.37. The summed E-state index contributed by atoms with van der Waals surface area (Å²) in [6.45, 7) is 11.8. The number of esters is 1. The number of carbonyl (C=O) groups excluding carboxylic acids is 4. The molecule has 2 aliphatic heterocycles. The highest BCUT2D eigenvalue weighted by Crippen LogP contribution is 2.41. The van der Waals surface area contributed by atoms with E-state index in [1.165, 1.54) is 9.91 Å². The van der Waals surface area contributed by atoms with Crippen LogP contribution in [0.4, 0.5) is 11.4 Å². The number of hydrazine groups is 1. The lowest BCUT2D eigenvalue weighted by Gasteiger charge is -2.36. The van der Waals surface area contributed by atoms with Crippen LogP contribution in [0.15, 0.2) is 95.2 Å². The summed E-state index contributed by atoms with van der Waals surface area (Å²) in [5.41, 5.74) is 12.4. The van der Waals surface area contributed by atoms with Crippen LogP contribution < -0.4 is 15.6 Å². The Morgan fingerprint density at radius 3 is 2.54 bits per heavy atom. The van der Waals surface area contributed by atoms with Crippen molar-refractivity contribution >= 4 is 52.0 Å². The van der Waals surface area contributed by atoms with E-state index in [9.17, 15) is 19.2 Å². The number of cyclic esters (lactones) is 1. The second kappa shape index (κ2) is 22.2. The number of nitrogens with one attached hydrogen (secondary N) is 2. The van der Waals surface area contributed by atoms with E-state index in [0.717, 1.165) is 55.7 Å². The summed E-state index contributed by atoms with van der Waals surface area (Å²) in [7, 11) is 7.22. The van der Waals surface area contributed by atoms with Crippen LogP contribution >= 0.6 is 0 Å². The first-order chi connectivity index (χ1) is 33.1. The van der Waals surface area contributed by atoms with E-state index < -0.39 is 41.3 Å². The smallest absolute Gasteiger partial charge is 0.324 e. The summed E-state index contributed by atoms with van der Waals surface area (Å²) in [6.07, 6.45) is 5.51. The minimum absolute atomic E-state index is 0.0344. The van der Waals surface area contributed by atoms with E-state index in [1.54, 1.807) is 20.4 Å². The van der Waals surface area contributed by atoms with E-state index in [4.69, 9.17) is 9.47 Å². The Kier molecular flexibility index (Phi) is 16.1. The Morgan fingerprint density at radius 2 is 1.81 bits per heavy atom. The predicted molar refractivity (Wildman–Crippen MR) is 270 cm³/mol. The van der Waals surface area contributed by atoms with Crippen molar-refractivity contribution in [2.45, 2.75) is 98.0 Å². The van der Waals surface area contributed by atoms with Gasteiger partial charge in [0.25, 0.3) is 5.91 Å². The van der Waals surface area contributed by atoms with Gasteiger partial charge in [0.15, 0.2) is 0 Å². The summed E-state index contributed by atoms with van der Waals surface area (Å²) in [6, 6.07) is 24.2. The Hall–Kier alpha value is -6.67. The topological polar surface area (TPSA) is 163 Å². The van der Waals surface area contributed by atoms with Crippen LogP contribution in [-0.4, -0.2) is 115 Å². The number of methoxy groups -OCH3 is 1. The first kappa shape index (κ1) is 50.2. The van der Waals surface area contributed by atoms with Gasteiger partial charge in [-0.25, -0.2) is 10.4 Å². The predicted octanol–water partition coefficient (Wildman–Crippen LogP) is 7.63. The minimum Gasteiger partial charge on any atom is -0.464 e. The zero-order chi connectivity index (χ0) is 49.4. The van der Waals surface area contributed by atoms with Crippen molar-refractivity contribution in [2.75, 3.05) is 52.8 Å². The standard InChI is InChI=1S/C54H67N9O6/c1-10-62-47-21-16-38-29-42(47)43(50(62)44-31-55-24-22-39(44)32-68-9)30-54(4,5)33-69-53(67)45-15-12-26-63(59-45)52(66)46(28-36-13-11-14-37(38)27-36)58-51(65)49(35(2)3)61(8)48(64)23-25-56-34-57-40-17-19-41(20-18-40)60(6)7/h11,13-14,16-22,24,27,29,31,35,45-46,49,59H,10,12,15,23,25-26,28,30,32-33H2,1-9H3,(H,58,65)/t45-,46-,49-/m0/s1. The molecule has 3 amide bonds. The van der Waals surface area contributed by atoms with Crippen molar-refractivity contribution in [3.8, 4) is 22.4 Å². The lowest BCUT2D eigenvalue weighted by Crippen LogP contribution is -2.62. The number of carbonyl (C=O) groups is 4. The van der Waals surface area contributed by atoms with Crippen molar-refractivity contribution in [1.82, 2.24) is 30.2 Å². The summed E-state index contributed by atoms with van der Waals surface area (Å²) in [4.78, 5) is 73.1. The van der Waals surface area contributed by atoms with Crippen LogP contribution in [0.25, 0.3) is 33.3 Å². The zero-order valence-electron chi connectivity index (χ0n) is 41.5. The van der Waals surface area contributed by atoms with E-state index in [0.29, 0.717) is 44.6 Å². The molecule has 2 aromatic heterocycles. The Bertz CT molecular complexity index is 2720. The number of aromatic nitrogens is 2. The van der Waals surface area contributed by atoms with Gasteiger partial charge >= 0.3 is 5.97 Å². The normalized spacial score (nSPS) is 17.6. The molecule has 1 saturated heterocycles. The molecule has 15 nitrogen and oxygen atoms in total. The van der Waals surface area contributed by atoms with Crippen molar-refractivity contribution in [2.24, 2.45) is 21.3 Å². The van der Waals surface area contributed by atoms with Crippen molar-refractivity contribution < 1.29 is 28.7 Å². The number of aliphatic imine (C=N–C) groups is 2. The van der Waals surface area contributed by atoms with E-state index in [2.05, 4.69) is 87.4 Å². The van der Waals surface area contributed by atoms with Gasteiger partial charge in [0.2, 0.25) is 11.8 Å². The van der Waals surface area contributed by atoms with Crippen LogP contribution in [0.3, 0.4) is 0 Å². The van der Waals surface area contributed by atoms with Crippen molar-refractivity contribution in [3.63, 3.8) is 0 Å². The molecule has 0 spiro atoms. The van der Waals surface area contributed by atoms with Crippen LogP contribution in [0.1, 0.15) is 70.6 Å². The molecule has 2 N–H and O–H groups in total. The molecule has 3 aromatic carbocycles. The maximum atomic E-state index is 14.7. The fourth-order valence-corrected chi connectivity index (χ4v) is 9.48. The number of rotatable bonds is 13. The van der Waals surface area contributed by atoms with Crippen LogP contribution in [0, 0.1) is 11.3 Å². The number of ether oxygens (including phenoxy) is 2. The second-order valence-corrected chi connectivity index (χ2v) is 19.4. The highest BCUT2D eigenvalue weighted by atomic mass is 16.5. The molecule has 5 aromatic rings. The van der Waals surface area contributed by atoms with E-state index >= 15 is 0 Å². The molecule has 1 fully saturated rings. The third kappa shape index (κ3) is 11.8. The van der Waals surface area contributed by atoms with Gasteiger partial charge in [-0.3, -0.25) is 29.2 Å². The molecule has 2 aliphatic rings. The summed E-state index contributed by atoms with van der Waals surface area (Å²) < 4.78 is 14.1. The second-order valence-electron chi connectivity index (χ2n) is 19.4. The number of fused-ring (bicyclic) bond motifs is 6. The van der Waals surface area contributed by atoms with Gasteiger partial charge in [-0.05, 0) is 102 Å². The molecule has 0 aliphatic carbocycles. The van der Waals surface area contributed by atoms with Gasteiger partial charge in [0.1, 0.15) is 18.1 Å². The number of aryl methyl sites for hydroxylation is 1. The molecule has 69 heavy (non-hydrogen) atoms. The van der Waals surface area contributed by atoms with Crippen LogP contribution in [0.5, 0.6) is 0 Å². The molecular formula is C54H67N9O6. The quantitative estimate of drug-likeness (QED) is 0.0893. The summed E-state index contributed by atoms with van der Waals surface area (Å²) >= 11 is 0. The molecule has 6 bridgehead atoms. The number of hydrogen-bond acceptors (Lipinski definition) is 11. The van der Waals surface area contributed by atoms with Crippen molar-refractivity contribution in [1.29, 1.82) is 0 Å². The highest BCUT2D eigenvalue weighted by molar-refractivity contribution is 5.96. The average molecular weight is 938 g/mol. The number of nitrogens with zero attached hydrogens (tertiary/aromatic N) is 7. The summed E-state index contributed by atoms with van der Waals surface area (Å²) in [5, 5.41) is 5.58. The molecule has 0 unspecified atom stereocenters. The molecule has 4 heterocycles. The van der Waals surface area contributed by atoms with E-state index in [-0.39, 0.29) is 37.8 Å². The molecule has 15 heteroatoms. The number of amides is 3. The van der Waals surface area contributed by atoms with E-state index in [1.807, 2.05) is 81.5 Å². The molecular weight excluding hydrogens is 871 g/mol. The number of likely N-dealkylation sites (N-methyl/N-ethyl adjacent to an activating group) is 1. The fourth-order valence-electron chi connectivity index (χ4n) is 9.48. The SMILES string of the molecule is CCn1c(-c2cnccc2COC)c2c3cc(ccc31)-c1cccc(c1)C[C@H](NC(=O)[C@H](C(C)C)N(C)C(=O)CCN=C=Nc1ccc(N(C)C)cc1)C(=O)N1CCC[C@H](N1)C(=O)OCC(C)(C)C2. The minimum atomic E-state index is -1.04. The monoisotopic (exact) mass is 938 g/mol. The molecule has 0 saturated carbocycles. The van der Waals surface area contributed by atoms with Gasteiger partial charge in [-0.1, -0.05) is 58.0 Å². The maximum absolute atomic E-state index is 14.7. The molecule has 7 rings (SSSR count). The maximum Gasteiger partial charge on any atom is 0.324 e. The third-order valence-electron chi connectivity index (χ3n) is 13.0. The molecule has 0 radical (unpaired) electrons. The first-order valence-corrected chi connectivity index (χ1v) is 24.0. The van der Waals surface area contributed by atoms with Gasteiger partial charge in [-0.2, -0.15) is 4.99 Å². The molecule has 364 valence electrons. The number of benzene rings is 3. The third-order valence-corrected chi connectivity index (χ3v) is 13.0. The number of anilines is 1. The zero-order valence-corrected chi connectivity index (χ0v) is 41.5. The van der Waals surface area contributed by atoms with Crippen LogP contribution in [0.2, 0.25) is 0 Å². The lowest BCUT2D eigenvalue weighted by molar-refractivity contribution is -0.155. The van der Waals surface area contributed by atoms with Gasteiger partial charge in [-0.15, -0.1) is 0 Å². The molecule has 3 atom stereocenters. The van der Waals surface area contributed by atoms with Gasteiger partial charge in [0.05, 0.1) is 37.1 Å². The lowest BCUT2D eigenvalue weighted by atomic mass is 9.84. The van der Waals surface area contributed by atoms with Crippen LogP contribution in [-0.2, 0) is 54.6 Å². The first-order valence-electron chi connectivity index (χ1n) is 24.0. The Labute approximate surface area is 406 Å². The largest absolute Gasteiger partial charge is 0.464 e. The van der Waals surface area contributed by atoms with Gasteiger partial charge < -0.3 is 29.2 Å². The summed E-state index contributed by atoms with van der Waals surface area (Å²) in [5.74, 6) is -1.88. The number of hydrogen-bond donors (Lipinski definition) is 2. The Balaban J connectivity index is 1.20. The van der Waals surface area contributed by atoms with Gasteiger partial charge in [0, 0.05) is 94.1 Å². The number of pyridine rings is 1. The Morgan fingerprint density at radius 1 is 1.04 bits per heavy atom. The average Bonchev–Trinajstić information content (AvgIpc) is 3.63. The van der Waals surface area contributed by atoms with Crippen molar-refractivity contribution in [3.05, 3.63) is 102 Å².